The monoisotopic (exact) mass is 467 g/mol. The molecule has 0 spiro atoms. The lowest BCUT2D eigenvalue weighted by molar-refractivity contribution is -0.127. The maximum atomic E-state index is 13.2. The minimum Gasteiger partial charge on any atom is -0.379 e. The number of amides is 1. The molecule has 9 heteroatoms. The Hall–Kier alpha value is -1.55. The van der Waals surface area contributed by atoms with Gasteiger partial charge in [-0.3, -0.25) is 9.69 Å². The first-order chi connectivity index (χ1) is 15.4. The smallest absolute Gasteiger partial charge is 0.243 e. The summed E-state index contributed by atoms with van der Waals surface area (Å²) < 4.78 is 46.1. The average molecular weight is 468 g/mol. The lowest BCUT2D eigenvalue weighted by Gasteiger charge is -2.48. The zero-order chi connectivity index (χ0) is 22.6. The van der Waals surface area contributed by atoms with Gasteiger partial charge in [0.05, 0.1) is 24.0 Å². The van der Waals surface area contributed by atoms with E-state index in [0.29, 0.717) is 25.9 Å². The number of rotatable bonds is 6. The summed E-state index contributed by atoms with van der Waals surface area (Å²) >= 11 is 0. The fourth-order valence-electron chi connectivity index (χ4n) is 5.38. The number of nitrogens with one attached hydrogen (secondary N) is 1. The molecule has 0 aromatic heterocycles. The SMILES string of the molecule is O=C(NCC1(N2CCOCC2)CCCCC1)[C@@H]1CCCN(S(=O)(=O)c2ccc(F)cc2)C1. The van der Waals surface area contributed by atoms with E-state index in [2.05, 4.69) is 10.2 Å². The molecule has 0 bridgehead atoms. The van der Waals surface area contributed by atoms with Crippen molar-refractivity contribution < 1.29 is 22.3 Å². The van der Waals surface area contributed by atoms with E-state index in [-0.39, 0.29) is 28.8 Å². The van der Waals surface area contributed by atoms with Crippen LogP contribution in [0.2, 0.25) is 0 Å². The number of benzene rings is 1. The summed E-state index contributed by atoms with van der Waals surface area (Å²) in [5.41, 5.74) is -0.0216. The van der Waals surface area contributed by atoms with Gasteiger partial charge in [-0.25, -0.2) is 12.8 Å². The first kappa shape index (κ1) is 23.6. The molecular formula is C23H34FN3O4S. The lowest BCUT2D eigenvalue weighted by Crippen LogP contribution is -2.60. The van der Waals surface area contributed by atoms with Crippen LogP contribution in [0.5, 0.6) is 0 Å². The Morgan fingerprint density at radius 2 is 1.75 bits per heavy atom. The number of carbonyl (C=O) groups is 1. The molecule has 2 heterocycles. The molecule has 1 amide bonds. The second-order valence-electron chi connectivity index (χ2n) is 9.26. The maximum Gasteiger partial charge on any atom is 0.243 e. The van der Waals surface area contributed by atoms with Crippen molar-refractivity contribution in [2.75, 3.05) is 45.9 Å². The topological polar surface area (TPSA) is 79.0 Å². The number of nitrogens with zero attached hydrogens (tertiary/aromatic N) is 2. The number of halogens is 1. The van der Waals surface area contributed by atoms with E-state index >= 15 is 0 Å². The number of hydrogen-bond acceptors (Lipinski definition) is 5. The highest BCUT2D eigenvalue weighted by Crippen LogP contribution is 2.34. The standard InChI is InChI=1S/C23H34FN3O4S/c24-20-6-8-21(9-7-20)32(29,30)27-12-4-5-19(17-27)22(28)25-18-23(10-2-1-3-11-23)26-13-15-31-16-14-26/h6-9,19H,1-5,10-18H2,(H,25,28)/t19-/m1/s1. The normalized spacial score (nSPS) is 25.3. The molecule has 178 valence electrons. The molecule has 4 rings (SSSR count). The van der Waals surface area contributed by atoms with Crippen LogP contribution < -0.4 is 5.32 Å². The van der Waals surface area contributed by atoms with E-state index in [1.165, 1.54) is 35.7 Å². The molecule has 1 aromatic rings. The number of morpholine rings is 1. The second-order valence-corrected chi connectivity index (χ2v) is 11.2. The van der Waals surface area contributed by atoms with E-state index in [4.69, 9.17) is 4.74 Å². The number of ether oxygens (including phenoxy) is 1. The van der Waals surface area contributed by atoms with Gasteiger partial charge in [-0.1, -0.05) is 19.3 Å². The van der Waals surface area contributed by atoms with Crippen LogP contribution in [0.15, 0.2) is 29.2 Å². The molecule has 2 saturated heterocycles. The van der Waals surface area contributed by atoms with Gasteiger partial charge in [-0.2, -0.15) is 4.31 Å². The first-order valence-electron chi connectivity index (χ1n) is 11.8. The van der Waals surface area contributed by atoms with Gasteiger partial charge in [-0.05, 0) is 49.9 Å². The van der Waals surface area contributed by atoms with Gasteiger partial charge in [0.25, 0.3) is 0 Å². The Morgan fingerprint density at radius 1 is 1.06 bits per heavy atom. The Kier molecular flexibility index (Phi) is 7.49. The summed E-state index contributed by atoms with van der Waals surface area (Å²) in [7, 11) is -3.75. The molecule has 7 nitrogen and oxygen atoms in total. The van der Waals surface area contributed by atoms with Crippen molar-refractivity contribution >= 4 is 15.9 Å². The molecule has 1 saturated carbocycles. The van der Waals surface area contributed by atoms with E-state index in [1.54, 1.807) is 0 Å². The van der Waals surface area contributed by atoms with Gasteiger partial charge in [0.2, 0.25) is 15.9 Å². The molecule has 0 unspecified atom stereocenters. The Balaban J connectivity index is 1.40. The Bertz CT molecular complexity index is 881. The molecule has 0 radical (unpaired) electrons. The second kappa shape index (κ2) is 10.2. The Morgan fingerprint density at radius 3 is 2.44 bits per heavy atom. The van der Waals surface area contributed by atoms with Crippen LogP contribution in [0, 0.1) is 11.7 Å². The highest BCUT2D eigenvalue weighted by atomic mass is 32.2. The van der Waals surface area contributed by atoms with Gasteiger partial charge < -0.3 is 10.1 Å². The molecule has 3 fully saturated rings. The number of hydrogen-bond donors (Lipinski definition) is 1. The van der Waals surface area contributed by atoms with Gasteiger partial charge in [-0.15, -0.1) is 0 Å². The zero-order valence-electron chi connectivity index (χ0n) is 18.6. The van der Waals surface area contributed by atoms with Crippen molar-refractivity contribution in [3.05, 3.63) is 30.1 Å². The third-order valence-corrected chi connectivity index (χ3v) is 9.14. The van der Waals surface area contributed by atoms with E-state index in [1.807, 2.05) is 0 Å². The lowest BCUT2D eigenvalue weighted by atomic mass is 9.79. The molecule has 1 N–H and O–H groups in total. The summed E-state index contributed by atoms with van der Waals surface area (Å²) in [5.74, 6) is -0.914. The largest absolute Gasteiger partial charge is 0.379 e. The molecular weight excluding hydrogens is 433 g/mol. The minimum atomic E-state index is -3.75. The summed E-state index contributed by atoms with van der Waals surface area (Å²) in [6.07, 6.45) is 7.02. The number of sulfonamides is 1. The van der Waals surface area contributed by atoms with Gasteiger partial charge in [0.15, 0.2) is 0 Å². The average Bonchev–Trinajstić information content (AvgIpc) is 2.84. The van der Waals surface area contributed by atoms with Crippen LogP contribution in [0.3, 0.4) is 0 Å². The van der Waals surface area contributed by atoms with Crippen LogP contribution in [0.25, 0.3) is 0 Å². The van der Waals surface area contributed by atoms with Crippen molar-refractivity contribution in [2.24, 2.45) is 5.92 Å². The van der Waals surface area contributed by atoms with Crippen molar-refractivity contribution in [1.82, 2.24) is 14.5 Å². The third kappa shape index (κ3) is 5.16. The Labute approximate surface area is 190 Å². The van der Waals surface area contributed by atoms with Crippen LogP contribution in [0.4, 0.5) is 4.39 Å². The molecule has 1 aliphatic carbocycles. The van der Waals surface area contributed by atoms with Crippen molar-refractivity contribution in [2.45, 2.75) is 55.4 Å². The summed E-state index contributed by atoms with van der Waals surface area (Å²) in [6.45, 7) is 4.39. The molecule has 2 aliphatic heterocycles. The molecule has 1 aromatic carbocycles. The first-order valence-corrected chi connectivity index (χ1v) is 13.2. The summed E-state index contributed by atoms with van der Waals surface area (Å²) in [4.78, 5) is 15.6. The van der Waals surface area contributed by atoms with E-state index in [9.17, 15) is 17.6 Å². The highest BCUT2D eigenvalue weighted by molar-refractivity contribution is 7.89. The third-order valence-electron chi connectivity index (χ3n) is 7.26. The molecule has 1 atom stereocenters. The summed E-state index contributed by atoms with van der Waals surface area (Å²) in [5, 5.41) is 3.19. The fourth-order valence-corrected chi connectivity index (χ4v) is 6.90. The number of piperidine rings is 1. The van der Waals surface area contributed by atoms with Crippen molar-refractivity contribution in [3.63, 3.8) is 0 Å². The fraction of sp³-hybridized carbons (Fsp3) is 0.696. The highest BCUT2D eigenvalue weighted by Gasteiger charge is 2.40. The van der Waals surface area contributed by atoms with Gasteiger partial charge >= 0.3 is 0 Å². The summed E-state index contributed by atoms with van der Waals surface area (Å²) in [6, 6.07) is 4.86. The van der Waals surface area contributed by atoms with Gasteiger partial charge in [0.1, 0.15) is 5.82 Å². The van der Waals surface area contributed by atoms with E-state index < -0.39 is 15.8 Å². The maximum absolute atomic E-state index is 13.2. The van der Waals surface area contributed by atoms with Gasteiger partial charge in [0, 0.05) is 38.3 Å². The van der Waals surface area contributed by atoms with Crippen LogP contribution in [-0.2, 0) is 19.6 Å². The predicted octanol–water partition coefficient (Wildman–Crippen LogP) is 2.38. The predicted molar refractivity (Wildman–Crippen MR) is 119 cm³/mol. The number of carbonyl (C=O) groups excluding carboxylic acids is 1. The van der Waals surface area contributed by atoms with Crippen LogP contribution >= 0.6 is 0 Å². The molecule has 32 heavy (non-hydrogen) atoms. The minimum absolute atomic E-state index is 0.0216. The molecule has 3 aliphatic rings. The van der Waals surface area contributed by atoms with E-state index in [0.717, 1.165) is 51.3 Å². The zero-order valence-corrected chi connectivity index (χ0v) is 19.4. The van der Waals surface area contributed by atoms with Crippen molar-refractivity contribution in [3.8, 4) is 0 Å². The quantitative estimate of drug-likeness (QED) is 0.695. The van der Waals surface area contributed by atoms with Crippen LogP contribution in [0.1, 0.15) is 44.9 Å². The van der Waals surface area contributed by atoms with Crippen molar-refractivity contribution in [1.29, 1.82) is 0 Å². The van der Waals surface area contributed by atoms with Crippen LogP contribution in [-0.4, -0.2) is 75.0 Å².